The maximum absolute atomic E-state index is 13.3. The minimum atomic E-state index is -0.628. The summed E-state index contributed by atoms with van der Waals surface area (Å²) in [5, 5.41) is 14.2. The Balaban J connectivity index is 1.46. The average Bonchev–Trinajstić information content (AvgIpc) is 3.12. The number of likely N-dealkylation sites (N-methyl/N-ethyl adjacent to an activating group) is 1. The molecule has 0 fully saturated rings. The van der Waals surface area contributed by atoms with Crippen molar-refractivity contribution in [2.75, 3.05) is 22.6 Å². The van der Waals surface area contributed by atoms with E-state index in [1.807, 2.05) is 31.9 Å². The Labute approximate surface area is 171 Å². The molecule has 30 heavy (non-hydrogen) atoms. The van der Waals surface area contributed by atoms with Gasteiger partial charge in [-0.2, -0.15) is 0 Å². The van der Waals surface area contributed by atoms with E-state index < -0.39 is 11.6 Å². The van der Waals surface area contributed by atoms with Gasteiger partial charge in [-0.3, -0.25) is 4.79 Å². The molecule has 1 amide bonds. The molecule has 10 heteroatoms. The van der Waals surface area contributed by atoms with Gasteiger partial charge in [0.05, 0.1) is 36.4 Å². The molecule has 1 aromatic carbocycles. The quantitative estimate of drug-likeness (QED) is 0.669. The molecule has 156 valence electrons. The van der Waals surface area contributed by atoms with Crippen LogP contribution in [0.25, 0.3) is 0 Å². The molecule has 0 saturated carbocycles. The molecule has 3 heterocycles. The Morgan fingerprint density at radius 2 is 1.93 bits per heavy atom. The number of rotatable bonds is 5. The maximum atomic E-state index is 13.3. The van der Waals surface area contributed by atoms with E-state index in [1.54, 1.807) is 6.20 Å². The van der Waals surface area contributed by atoms with Gasteiger partial charge in [0.25, 0.3) is 0 Å². The van der Waals surface area contributed by atoms with Crippen LogP contribution in [-0.4, -0.2) is 39.0 Å². The fourth-order valence-electron chi connectivity index (χ4n) is 3.36. The molecule has 0 unspecified atom stereocenters. The van der Waals surface area contributed by atoms with Crippen molar-refractivity contribution >= 4 is 23.1 Å². The average molecular weight is 413 g/mol. The first kappa shape index (κ1) is 19.7. The number of aromatic nitrogens is 4. The van der Waals surface area contributed by atoms with E-state index in [9.17, 15) is 13.6 Å². The molecular weight excluding hydrogens is 392 g/mol. The molecule has 3 aromatic rings. The number of nitrogens with zero attached hydrogens (tertiary/aromatic N) is 5. The van der Waals surface area contributed by atoms with E-state index in [2.05, 4.69) is 25.9 Å². The summed E-state index contributed by atoms with van der Waals surface area (Å²) in [5.41, 5.74) is 3.41. The zero-order valence-corrected chi connectivity index (χ0v) is 16.8. The monoisotopic (exact) mass is 413 g/mol. The molecule has 1 aliphatic heterocycles. The van der Waals surface area contributed by atoms with Crippen LogP contribution in [0, 0.1) is 18.6 Å². The van der Waals surface area contributed by atoms with E-state index >= 15 is 0 Å². The Bertz CT molecular complexity index is 1090. The Morgan fingerprint density at radius 3 is 2.67 bits per heavy atom. The van der Waals surface area contributed by atoms with Gasteiger partial charge in [0.15, 0.2) is 0 Å². The summed E-state index contributed by atoms with van der Waals surface area (Å²) in [6.07, 6.45) is 1.70. The number of amides is 1. The molecular formula is C20H21F2N7O. The van der Waals surface area contributed by atoms with Crippen LogP contribution in [0.4, 0.5) is 26.0 Å². The third-order valence-corrected chi connectivity index (χ3v) is 5.07. The molecule has 0 aliphatic carbocycles. The van der Waals surface area contributed by atoms with Gasteiger partial charge in [-0.05, 0) is 31.5 Å². The van der Waals surface area contributed by atoms with Crippen molar-refractivity contribution in [3.63, 3.8) is 0 Å². The molecule has 4 rings (SSSR count). The number of aryl methyl sites for hydroxylation is 1. The fraction of sp³-hybridized carbons (Fsp3) is 0.300. The van der Waals surface area contributed by atoms with Crippen molar-refractivity contribution < 1.29 is 13.6 Å². The van der Waals surface area contributed by atoms with E-state index in [1.165, 1.54) is 16.8 Å². The van der Waals surface area contributed by atoms with Crippen LogP contribution >= 0.6 is 0 Å². The molecule has 2 N–H and O–H groups in total. The highest BCUT2D eigenvalue weighted by molar-refractivity contribution is 6.04. The SMILES string of the molecule is Cc1nc(NCc2cn(Cc3cc(F)cc(F)c3)nn2)cc2c1NC(=O)[C@H](C)N2C. The van der Waals surface area contributed by atoms with Gasteiger partial charge in [-0.15, -0.1) is 5.10 Å². The number of hydrogen-bond donors (Lipinski definition) is 2. The predicted octanol–water partition coefficient (Wildman–Crippen LogP) is 2.70. The van der Waals surface area contributed by atoms with Crippen LogP contribution in [0.2, 0.25) is 0 Å². The Kier molecular flexibility index (Phi) is 5.06. The number of carbonyl (C=O) groups excluding carboxylic acids is 1. The molecule has 8 nitrogen and oxygen atoms in total. The minimum absolute atomic E-state index is 0.0644. The summed E-state index contributed by atoms with van der Waals surface area (Å²) in [5.74, 6) is -0.679. The third kappa shape index (κ3) is 3.93. The zero-order chi connectivity index (χ0) is 21.4. The summed E-state index contributed by atoms with van der Waals surface area (Å²) >= 11 is 0. The third-order valence-electron chi connectivity index (χ3n) is 5.07. The van der Waals surface area contributed by atoms with E-state index in [0.29, 0.717) is 35.0 Å². The summed E-state index contributed by atoms with van der Waals surface area (Å²) in [6, 6.07) is 4.95. The van der Waals surface area contributed by atoms with Gasteiger partial charge < -0.3 is 15.5 Å². The molecule has 1 aliphatic rings. The lowest BCUT2D eigenvalue weighted by molar-refractivity contribution is -0.117. The number of fused-ring (bicyclic) bond motifs is 1. The van der Waals surface area contributed by atoms with E-state index in [4.69, 9.17) is 0 Å². The highest BCUT2D eigenvalue weighted by Crippen LogP contribution is 2.34. The number of carbonyl (C=O) groups is 1. The highest BCUT2D eigenvalue weighted by Gasteiger charge is 2.28. The fourth-order valence-corrected chi connectivity index (χ4v) is 3.36. The van der Waals surface area contributed by atoms with Crippen molar-refractivity contribution in [2.24, 2.45) is 0 Å². The predicted molar refractivity (Wildman–Crippen MR) is 108 cm³/mol. The summed E-state index contributed by atoms with van der Waals surface area (Å²) in [4.78, 5) is 18.4. The molecule has 2 aromatic heterocycles. The molecule has 0 radical (unpaired) electrons. The summed E-state index contributed by atoms with van der Waals surface area (Å²) in [7, 11) is 1.87. The first-order valence-corrected chi connectivity index (χ1v) is 9.43. The standard InChI is InChI=1S/C20H21F2N7O/c1-11-19-17(28(3)12(2)20(30)25-19)7-18(24-11)23-8-16-10-29(27-26-16)9-13-4-14(21)6-15(22)5-13/h4-7,10,12H,8-9H2,1-3H3,(H,23,24)(H,25,30)/t12-/m0/s1. The lowest BCUT2D eigenvalue weighted by Gasteiger charge is -2.34. The van der Waals surface area contributed by atoms with Gasteiger partial charge in [0.2, 0.25) is 5.91 Å². The van der Waals surface area contributed by atoms with Gasteiger partial charge in [-0.1, -0.05) is 5.21 Å². The number of nitrogens with one attached hydrogen (secondary N) is 2. The van der Waals surface area contributed by atoms with Crippen LogP contribution in [-0.2, 0) is 17.9 Å². The first-order chi connectivity index (χ1) is 14.3. The minimum Gasteiger partial charge on any atom is -0.364 e. The van der Waals surface area contributed by atoms with Gasteiger partial charge in [0, 0.05) is 19.2 Å². The number of anilines is 3. The van der Waals surface area contributed by atoms with Crippen molar-refractivity contribution in [1.82, 2.24) is 20.0 Å². The van der Waals surface area contributed by atoms with Crippen molar-refractivity contribution in [3.05, 3.63) is 59.0 Å². The lowest BCUT2D eigenvalue weighted by Crippen LogP contribution is -2.44. The zero-order valence-electron chi connectivity index (χ0n) is 16.8. The lowest BCUT2D eigenvalue weighted by atomic mass is 10.1. The van der Waals surface area contributed by atoms with E-state index in [-0.39, 0.29) is 18.5 Å². The number of halogens is 2. The Hall–Kier alpha value is -3.56. The second kappa shape index (κ2) is 7.69. The maximum Gasteiger partial charge on any atom is 0.246 e. The smallest absolute Gasteiger partial charge is 0.246 e. The molecule has 0 bridgehead atoms. The molecule has 1 atom stereocenters. The van der Waals surface area contributed by atoms with Crippen molar-refractivity contribution in [3.8, 4) is 0 Å². The number of pyridine rings is 1. The van der Waals surface area contributed by atoms with Gasteiger partial charge in [0.1, 0.15) is 29.2 Å². The summed E-state index contributed by atoms with van der Waals surface area (Å²) < 4.78 is 28.2. The molecule has 0 spiro atoms. The second-order valence-corrected chi connectivity index (χ2v) is 7.30. The highest BCUT2D eigenvalue weighted by atomic mass is 19.1. The van der Waals surface area contributed by atoms with Crippen LogP contribution in [0.5, 0.6) is 0 Å². The largest absolute Gasteiger partial charge is 0.364 e. The van der Waals surface area contributed by atoms with Crippen molar-refractivity contribution in [1.29, 1.82) is 0 Å². The van der Waals surface area contributed by atoms with E-state index in [0.717, 1.165) is 11.8 Å². The topological polar surface area (TPSA) is 88.0 Å². The number of benzene rings is 1. The van der Waals surface area contributed by atoms with Crippen LogP contribution in [0.1, 0.15) is 23.9 Å². The van der Waals surface area contributed by atoms with Crippen LogP contribution < -0.4 is 15.5 Å². The van der Waals surface area contributed by atoms with Gasteiger partial charge >= 0.3 is 0 Å². The summed E-state index contributed by atoms with van der Waals surface area (Å²) in [6.45, 7) is 4.25. The molecule has 0 saturated heterocycles. The van der Waals surface area contributed by atoms with Crippen molar-refractivity contribution in [2.45, 2.75) is 33.0 Å². The van der Waals surface area contributed by atoms with Crippen LogP contribution in [0.3, 0.4) is 0 Å². The van der Waals surface area contributed by atoms with Crippen LogP contribution in [0.15, 0.2) is 30.5 Å². The van der Waals surface area contributed by atoms with Gasteiger partial charge in [-0.25, -0.2) is 18.4 Å². The normalized spacial score (nSPS) is 15.7. The Morgan fingerprint density at radius 1 is 1.20 bits per heavy atom. The second-order valence-electron chi connectivity index (χ2n) is 7.30. The first-order valence-electron chi connectivity index (χ1n) is 9.43. The number of hydrogen-bond acceptors (Lipinski definition) is 6.